The second kappa shape index (κ2) is 30.9. The van der Waals surface area contributed by atoms with Gasteiger partial charge in [0.05, 0.1) is 0 Å². The van der Waals surface area contributed by atoms with Crippen molar-refractivity contribution < 1.29 is 36.0 Å². The van der Waals surface area contributed by atoms with Crippen LogP contribution in [0.2, 0.25) is 0 Å². The normalized spacial score (nSPS) is 8.77. The van der Waals surface area contributed by atoms with Crippen molar-refractivity contribution in [2.75, 3.05) is 0 Å². The summed E-state index contributed by atoms with van der Waals surface area (Å²) < 4.78 is 0. The van der Waals surface area contributed by atoms with E-state index < -0.39 is 0 Å². The summed E-state index contributed by atoms with van der Waals surface area (Å²) >= 11 is 0. The summed E-state index contributed by atoms with van der Waals surface area (Å²) in [6.45, 7) is 9.68. The molecular weight excluding hydrogens is 208 g/mol. The first-order valence-electron chi connectivity index (χ1n) is 2.80. The summed E-state index contributed by atoms with van der Waals surface area (Å²) in [7, 11) is 0. The Balaban J connectivity index is -0.0000000147. The standard InChI is InChI=1S/C6H6.3CH2O.Cr.3H/c1-6-4-2-3-5-6;3*1-2;;;;/h2-5H,1H2;3*1H2;;;;/q;;;;+3;3*-1. The van der Waals surface area contributed by atoms with Crippen molar-refractivity contribution in [2.45, 2.75) is 0 Å². The molecule has 0 aromatic carbocycles. The first-order valence-corrected chi connectivity index (χ1v) is 2.80. The zero-order chi connectivity index (χ0) is 10.4. The number of allylic oxidation sites excluding steroid dienone is 5. The Labute approximate surface area is 93.4 Å². The van der Waals surface area contributed by atoms with Crippen LogP contribution in [0, 0.1) is 0 Å². The van der Waals surface area contributed by atoms with Crippen LogP contribution in [0.5, 0.6) is 0 Å². The Bertz CT molecular complexity index is 157. The smallest absolute Gasteiger partial charge is 1.00 e. The van der Waals surface area contributed by atoms with Crippen LogP contribution in [-0.2, 0) is 31.7 Å². The monoisotopic (exact) mass is 223 g/mol. The third-order valence-corrected chi connectivity index (χ3v) is 0.732. The molecule has 4 heteroatoms. The van der Waals surface area contributed by atoms with E-state index in [2.05, 4.69) is 6.58 Å². The first-order chi connectivity index (χ1) is 5.89. The summed E-state index contributed by atoms with van der Waals surface area (Å²) in [5.74, 6) is 0. The molecule has 13 heavy (non-hydrogen) atoms. The van der Waals surface area contributed by atoms with Gasteiger partial charge in [0, 0.05) is 0 Å². The maximum absolute atomic E-state index is 8.00. The maximum Gasteiger partial charge on any atom is 3.00 e. The molecule has 0 unspecified atom stereocenters. The second-order valence-electron chi connectivity index (χ2n) is 1.29. The van der Waals surface area contributed by atoms with E-state index in [1.54, 1.807) is 0 Å². The van der Waals surface area contributed by atoms with Crippen LogP contribution < -0.4 is 0 Å². The fourth-order valence-electron chi connectivity index (χ4n) is 0.414. The van der Waals surface area contributed by atoms with E-state index in [-0.39, 0.29) is 21.6 Å². The van der Waals surface area contributed by atoms with Gasteiger partial charge < -0.3 is 18.7 Å². The van der Waals surface area contributed by atoms with Gasteiger partial charge in [-0.25, -0.2) is 0 Å². The fraction of sp³-hybridized carbons (Fsp3) is 0. The van der Waals surface area contributed by atoms with Crippen molar-refractivity contribution >= 4 is 20.4 Å². The van der Waals surface area contributed by atoms with Crippen LogP contribution in [-0.4, -0.2) is 20.4 Å². The molecule has 1 rings (SSSR count). The molecule has 1 aliphatic carbocycles. The van der Waals surface area contributed by atoms with Gasteiger partial charge in [-0.3, -0.25) is 0 Å². The van der Waals surface area contributed by atoms with E-state index in [0.717, 1.165) is 5.57 Å². The third-order valence-electron chi connectivity index (χ3n) is 0.732. The number of carbonyl (C=O) groups is 3. The summed E-state index contributed by atoms with van der Waals surface area (Å²) in [6.07, 6.45) is 7.89. The molecular formula is C9H15CrO3. The molecule has 3 nitrogen and oxygen atoms in total. The van der Waals surface area contributed by atoms with Crippen LogP contribution in [0.25, 0.3) is 0 Å². The molecule has 75 valence electrons. The van der Waals surface area contributed by atoms with E-state index >= 15 is 0 Å². The predicted octanol–water partition coefficient (Wildman–Crippen LogP) is 1.45. The van der Waals surface area contributed by atoms with Crippen LogP contribution in [0.4, 0.5) is 0 Å². The molecule has 0 N–H and O–H groups in total. The van der Waals surface area contributed by atoms with Crippen LogP contribution in [0.15, 0.2) is 36.5 Å². The van der Waals surface area contributed by atoms with Crippen LogP contribution in [0.1, 0.15) is 4.28 Å². The van der Waals surface area contributed by atoms with Gasteiger partial charge in [-0.2, -0.15) is 0 Å². The summed E-state index contributed by atoms with van der Waals surface area (Å²) in [6, 6.07) is 0. The maximum atomic E-state index is 8.00. The van der Waals surface area contributed by atoms with Gasteiger partial charge in [0.25, 0.3) is 0 Å². The first kappa shape index (κ1) is 22.6. The van der Waals surface area contributed by atoms with Crippen molar-refractivity contribution in [2.24, 2.45) is 0 Å². The molecule has 0 saturated heterocycles. The van der Waals surface area contributed by atoms with Gasteiger partial charge in [-0.1, -0.05) is 30.9 Å². The van der Waals surface area contributed by atoms with E-state index in [4.69, 9.17) is 14.4 Å². The van der Waals surface area contributed by atoms with Gasteiger partial charge >= 0.3 is 17.4 Å². The molecule has 0 aromatic heterocycles. The van der Waals surface area contributed by atoms with E-state index in [9.17, 15) is 0 Å². The molecule has 1 radical (unpaired) electrons. The van der Waals surface area contributed by atoms with Gasteiger partial charge in [-0.15, -0.1) is 0 Å². The van der Waals surface area contributed by atoms with Crippen LogP contribution in [0.3, 0.4) is 0 Å². The molecule has 0 spiro atoms. The van der Waals surface area contributed by atoms with Crippen LogP contribution >= 0.6 is 0 Å². The molecule has 1 aliphatic rings. The number of carbonyl (C=O) groups excluding carboxylic acids is 3. The third kappa shape index (κ3) is 24.9. The number of rotatable bonds is 0. The Morgan fingerprint density at radius 3 is 1.15 bits per heavy atom. The Morgan fingerprint density at radius 2 is 1.08 bits per heavy atom. The molecule has 0 fully saturated rings. The number of hydrogen-bond donors (Lipinski definition) is 0. The average Bonchev–Trinajstić information content (AvgIpc) is 2.66. The molecule has 0 aliphatic heterocycles. The van der Waals surface area contributed by atoms with Gasteiger partial charge in [0.15, 0.2) is 0 Å². The molecule has 0 bridgehead atoms. The molecule has 0 heterocycles. The van der Waals surface area contributed by atoms with Crippen molar-refractivity contribution in [3.8, 4) is 0 Å². The average molecular weight is 223 g/mol. The van der Waals surface area contributed by atoms with E-state index in [1.807, 2.05) is 44.7 Å². The Kier molecular flexibility index (Phi) is 53.7. The summed E-state index contributed by atoms with van der Waals surface area (Å²) in [5, 5.41) is 0. The Hall–Kier alpha value is -1.24. The van der Waals surface area contributed by atoms with E-state index in [0.29, 0.717) is 0 Å². The minimum absolute atomic E-state index is 0. The summed E-state index contributed by atoms with van der Waals surface area (Å²) in [5.41, 5.74) is 1.09. The van der Waals surface area contributed by atoms with Crippen molar-refractivity contribution in [1.82, 2.24) is 0 Å². The van der Waals surface area contributed by atoms with Crippen molar-refractivity contribution in [3.05, 3.63) is 36.5 Å². The molecule has 0 aromatic rings. The quantitative estimate of drug-likeness (QED) is 0.624. The van der Waals surface area contributed by atoms with Gasteiger partial charge in [-0.05, 0) is 5.57 Å². The fourth-order valence-corrected chi connectivity index (χ4v) is 0.414. The topological polar surface area (TPSA) is 51.2 Å². The van der Waals surface area contributed by atoms with Crippen molar-refractivity contribution in [1.29, 1.82) is 0 Å². The Morgan fingerprint density at radius 1 is 0.846 bits per heavy atom. The van der Waals surface area contributed by atoms with E-state index in [1.165, 1.54) is 0 Å². The minimum Gasteiger partial charge on any atom is -1.00 e. The second-order valence-corrected chi connectivity index (χ2v) is 1.29. The molecule has 0 saturated carbocycles. The summed E-state index contributed by atoms with van der Waals surface area (Å²) in [4.78, 5) is 24.0. The largest absolute Gasteiger partial charge is 3.00 e. The van der Waals surface area contributed by atoms with Gasteiger partial charge in [0.2, 0.25) is 0 Å². The predicted molar refractivity (Wildman–Crippen MR) is 52.1 cm³/mol. The number of hydrogen-bond acceptors (Lipinski definition) is 3. The SMILES string of the molecule is C=C1C=CC=C1.C=O.C=O.C=O.[Cr+3].[H-].[H-].[H-]. The minimum atomic E-state index is 0. The molecule has 0 atom stereocenters. The van der Waals surface area contributed by atoms with Crippen molar-refractivity contribution in [3.63, 3.8) is 0 Å². The molecule has 0 amide bonds. The zero-order valence-corrected chi connectivity index (χ0v) is 8.55. The zero-order valence-electron chi connectivity index (χ0n) is 10.3. The van der Waals surface area contributed by atoms with Gasteiger partial charge in [0.1, 0.15) is 20.4 Å².